The van der Waals surface area contributed by atoms with Crippen LogP contribution in [-0.2, 0) is 20.9 Å². The molecule has 8 nitrogen and oxygen atoms in total. The number of hydrogen-bond acceptors (Lipinski definition) is 5. The molecule has 8 heteroatoms. The lowest BCUT2D eigenvalue weighted by Gasteiger charge is -2.38. The number of carbonyl (C=O) groups excluding carboxylic acids is 2. The van der Waals surface area contributed by atoms with Crippen LogP contribution in [0.3, 0.4) is 0 Å². The number of morpholine rings is 1. The molecule has 1 aromatic rings. The van der Waals surface area contributed by atoms with Gasteiger partial charge in [0, 0.05) is 71.2 Å². The lowest BCUT2D eigenvalue weighted by molar-refractivity contribution is -0.144. The number of nitrogens with zero attached hydrogens (tertiary/aromatic N) is 5. The molecule has 0 bridgehead atoms. The van der Waals surface area contributed by atoms with Crippen molar-refractivity contribution in [1.29, 1.82) is 0 Å². The summed E-state index contributed by atoms with van der Waals surface area (Å²) in [4.78, 5) is 31.9. The molecule has 3 fully saturated rings. The van der Waals surface area contributed by atoms with E-state index in [4.69, 9.17) is 4.74 Å². The van der Waals surface area contributed by atoms with Crippen molar-refractivity contribution in [3.8, 4) is 0 Å². The molecule has 3 aliphatic heterocycles. The summed E-state index contributed by atoms with van der Waals surface area (Å²) in [7, 11) is 0. The normalized spacial score (nSPS) is 24.0. The van der Waals surface area contributed by atoms with Gasteiger partial charge in [-0.15, -0.1) is 0 Å². The summed E-state index contributed by atoms with van der Waals surface area (Å²) >= 11 is 0. The standard InChI is InChI=1S/C23H37N5O3/c29-22-4-3-21(19-27(22)10-2-9-25-15-17-31-18-16-25)23(30)26-12-5-20(6-13-26)7-14-28-11-1-8-24-28/h1,8,11,20-21H,2-7,9-10,12-19H2/t21-/m1/s1. The SMILES string of the molecule is O=C1CC[C@@H](C(=O)N2CCC(CCn3cccn3)CC2)CN1CCCN1CCOCC1. The molecular weight excluding hydrogens is 394 g/mol. The van der Waals surface area contributed by atoms with E-state index in [1.807, 2.05) is 28.0 Å². The maximum atomic E-state index is 13.1. The number of likely N-dealkylation sites (tertiary alicyclic amines) is 2. The Hall–Kier alpha value is -1.93. The maximum Gasteiger partial charge on any atom is 0.227 e. The number of aryl methyl sites for hydroxylation is 1. The summed E-state index contributed by atoms with van der Waals surface area (Å²) in [6.07, 6.45) is 9.28. The fourth-order valence-electron chi connectivity index (χ4n) is 5.09. The van der Waals surface area contributed by atoms with Crippen molar-refractivity contribution in [3.63, 3.8) is 0 Å². The topological polar surface area (TPSA) is 70.9 Å². The third kappa shape index (κ3) is 6.29. The van der Waals surface area contributed by atoms with Gasteiger partial charge < -0.3 is 14.5 Å². The van der Waals surface area contributed by atoms with Crippen LogP contribution >= 0.6 is 0 Å². The van der Waals surface area contributed by atoms with E-state index in [0.717, 1.165) is 84.7 Å². The quantitative estimate of drug-likeness (QED) is 0.623. The second-order valence-corrected chi connectivity index (χ2v) is 9.21. The highest BCUT2D eigenvalue weighted by atomic mass is 16.5. The molecule has 1 aromatic heterocycles. The van der Waals surface area contributed by atoms with Crippen molar-refractivity contribution in [1.82, 2.24) is 24.5 Å². The number of hydrogen-bond donors (Lipinski definition) is 0. The molecule has 4 heterocycles. The molecule has 0 saturated carbocycles. The first-order chi connectivity index (χ1) is 15.2. The third-order valence-electron chi connectivity index (χ3n) is 7.11. The summed E-state index contributed by atoms with van der Waals surface area (Å²) in [5.41, 5.74) is 0. The van der Waals surface area contributed by atoms with Gasteiger partial charge in [0.15, 0.2) is 0 Å². The van der Waals surface area contributed by atoms with Crippen LogP contribution in [0.25, 0.3) is 0 Å². The Morgan fingerprint density at radius 1 is 1.06 bits per heavy atom. The third-order valence-corrected chi connectivity index (χ3v) is 7.11. The zero-order valence-electron chi connectivity index (χ0n) is 18.7. The van der Waals surface area contributed by atoms with Crippen LogP contribution in [0.5, 0.6) is 0 Å². The first kappa shape index (κ1) is 22.3. The fraction of sp³-hybridized carbons (Fsp3) is 0.783. The van der Waals surface area contributed by atoms with Crippen LogP contribution < -0.4 is 0 Å². The molecule has 0 spiro atoms. The number of rotatable bonds is 8. The van der Waals surface area contributed by atoms with Gasteiger partial charge >= 0.3 is 0 Å². The molecule has 3 saturated heterocycles. The minimum absolute atomic E-state index is 0.0262. The van der Waals surface area contributed by atoms with E-state index in [1.165, 1.54) is 0 Å². The molecule has 2 amide bonds. The Balaban J connectivity index is 1.18. The van der Waals surface area contributed by atoms with E-state index in [-0.39, 0.29) is 17.7 Å². The maximum absolute atomic E-state index is 13.1. The van der Waals surface area contributed by atoms with E-state index < -0.39 is 0 Å². The number of amides is 2. The summed E-state index contributed by atoms with van der Waals surface area (Å²) in [6.45, 7) is 8.58. The van der Waals surface area contributed by atoms with Crippen LogP contribution in [0.1, 0.15) is 38.5 Å². The van der Waals surface area contributed by atoms with Crippen molar-refractivity contribution in [2.24, 2.45) is 11.8 Å². The van der Waals surface area contributed by atoms with Crippen LogP contribution in [0.4, 0.5) is 0 Å². The van der Waals surface area contributed by atoms with Gasteiger partial charge in [-0.3, -0.25) is 19.2 Å². The van der Waals surface area contributed by atoms with Crippen molar-refractivity contribution < 1.29 is 14.3 Å². The molecular formula is C23H37N5O3. The summed E-state index contributed by atoms with van der Waals surface area (Å²) in [6, 6.07) is 1.96. The Kier molecular flexibility index (Phi) is 7.97. The highest BCUT2D eigenvalue weighted by Gasteiger charge is 2.34. The number of aromatic nitrogens is 2. The van der Waals surface area contributed by atoms with E-state index in [9.17, 15) is 9.59 Å². The minimum Gasteiger partial charge on any atom is -0.379 e. The van der Waals surface area contributed by atoms with Gasteiger partial charge in [0.05, 0.1) is 19.1 Å². The van der Waals surface area contributed by atoms with Gasteiger partial charge in [0.1, 0.15) is 0 Å². The fourth-order valence-corrected chi connectivity index (χ4v) is 5.09. The van der Waals surface area contributed by atoms with Crippen molar-refractivity contribution in [3.05, 3.63) is 18.5 Å². The Labute approximate surface area is 185 Å². The van der Waals surface area contributed by atoms with Crippen LogP contribution in [0.15, 0.2) is 18.5 Å². The number of piperidine rings is 2. The van der Waals surface area contributed by atoms with Crippen LogP contribution in [-0.4, -0.2) is 95.3 Å². The average Bonchev–Trinajstić information content (AvgIpc) is 3.33. The van der Waals surface area contributed by atoms with E-state index in [1.54, 1.807) is 0 Å². The molecule has 0 aromatic carbocycles. The van der Waals surface area contributed by atoms with Gasteiger partial charge in [-0.1, -0.05) is 0 Å². The largest absolute Gasteiger partial charge is 0.379 e. The summed E-state index contributed by atoms with van der Waals surface area (Å²) in [5, 5.41) is 4.28. The lowest BCUT2D eigenvalue weighted by atomic mass is 9.91. The molecule has 4 rings (SSSR count). The zero-order chi connectivity index (χ0) is 21.5. The summed E-state index contributed by atoms with van der Waals surface area (Å²) in [5.74, 6) is 1.11. The van der Waals surface area contributed by atoms with E-state index in [0.29, 0.717) is 25.3 Å². The van der Waals surface area contributed by atoms with Crippen molar-refractivity contribution >= 4 is 11.8 Å². The number of carbonyl (C=O) groups is 2. The average molecular weight is 432 g/mol. The van der Waals surface area contributed by atoms with Gasteiger partial charge in [-0.25, -0.2) is 0 Å². The molecule has 1 atom stereocenters. The second kappa shape index (κ2) is 11.1. The Morgan fingerprint density at radius 2 is 1.87 bits per heavy atom. The van der Waals surface area contributed by atoms with Crippen molar-refractivity contribution in [2.75, 3.05) is 59.0 Å². The van der Waals surface area contributed by atoms with E-state index >= 15 is 0 Å². The Bertz CT molecular complexity index is 696. The van der Waals surface area contributed by atoms with Crippen LogP contribution in [0, 0.1) is 11.8 Å². The van der Waals surface area contributed by atoms with Crippen LogP contribution in [0.2, 0.25) is 0 Å². The van der Waals surface area contributed by atoms with Gasteiger partial charge in [0.25, 0.3) is 0 Å². The predicted molar refractivity (Wildman–Crippen MR) is 117 cm³/mol. The highest BCUT2D eigenvalue weighted by Crippen LogP contribution is 2.25. The lowest BCUT2D eigenvalue weighted by Crippen LogP contribution is -2.49. The smallest absolute Gasteiger partial charge is 0.227 e. The molecule has 31 heavy (non-hydrogen) atoms. The first-order valence-corrected chi connectivity index (χ1v) is 12.0. The summed E-state index contributed by atoms with van der Waals surface area (Å²) < 4.78 is 7.39. The predicted octanol–water partition coefficient (Wildman–Crippen LogP) is 1.47. The molecule has 0 N–H and O–H groups in total. The van der Waals surface area contributed by atoms with Gasteiger partial charge in [-0.05, 0) is 44.1 Å². The first-order valence-electron chi connectivity index (χ1n) is 12.0. The monoisotopic (exact) mass is 431 g/mol. The van der Waals surface area contributed by atoms with Crippen molar-refractivity contribution in [2.45, 2.75) is 45.1 Å². The van der Waals surface area contributed by atoms with Gasteiger partial charge in [-0.2, -0.15) is 5.10 Å². The molecule has 0 unspecified atom stereocenters. The molecule has 3 aliphatic rings. The van der Waals surface area contributed by atoms with E-state index in [2.05, 4.69) is 14.9 Å². The van der Waals surface area contributed by atoms with Gasteiger partial charge in [0.2, 0.25) is 11.8 Å². The number of ether oxygens (including phenoxy) is 1. The Morgan fingerprint density at radius 3 is 2.61 bits per heavy atom. The molecule has 0 aliphatic carbocycles. The zero-order valence-corrected chi connectivity index (χ0v) is 18.7. The highest BCUT2D eigenvalue weighted by molar-refractivity contribution is 5.84. The molecule has 0 radical (unpaired) electrons. The second-order valence-electron chi connectivity index (χ2n) is 9.21. The minimum atomic E-state index is -0.0262. The molecule has 172 valence electrons.